The second kappa shape index (κ2) is 8.83. The van der Waals surface area contributed by atoms with Crippen LogP contribution in [0.4, 0.5) is 11.6 Å². The molecule has 1 N–H and O–H groups in total. The van der Waals surface area contributed by atoms with Crippen LogP contribution in [0, 0.1) is 0 Å². The molecule has 1 heterocycles. The smallest absolute Gasteiger partial charge is 0.252 e. The van der Waals surface area contributed by atoms with Crippen LogP contribution in [0.2, 0.25) is 5.02 Å². The number of methoxy groups -OCH3 is 1. The van der Waals surface area contributed by atoms with E-state index in [0.29, 0.717) is 11.0 Å². The van der Waals surface area contributed by atoms with E-state index in [-0.39, 0.29) is 0 Å². The molecule has 8 heteroatoms. The standard InChI is InChI=1S/C19H23ClN6O/c1-4-25(5-2)13-14-12-16(8-11-18(14)27-3)21-19-22-23-24-26(19)17-9-6-15(20)7-10-17/h6-12H,4-5,13H2,1-3H3,(H,21,22,24). The molecule has 0 fully saturated rings. The number of ether oxygens (including phenoxy) is 1. The van der Waals surface area contributed by atoms with Crippen molar-refractivity contribution in [2.45, 2.75) is 20.4 Å². The van der Waals surface area contributed by atoms with Crippen molar-refractivity contribution in [2.75, 3.05) is 25.5 Å². The Labute approximate surface area is 163 Å². The zero-order valence-electron chi connectivity index (χ0n) is 15.7. The maximum absolute atomic E-state index is 5.96. The van der Waals surface area contributed by atoms with Gasteiger partial charge in [-0.1, -0.05) is 30.5 Å². The van der Waals surface area contributed by atoms with Crippen LogP contribution in [-0.4, -0.2) is 45.3 Å². The molecule has 3 rings (SSSR count). The summed E-state index contributed by atoms with van der Waals surface area (Å²) in [7, 11) is 1.69. The predicted molar refractivity (Wildman–Crippen MR) is 107 cm³/mol. The van der Waals surface area contributed by atoms with E-state index < -0.39 is 0 Å². The van der Waals surface area contributed by atoms with Crippen molar-refractivity contribution in [3.63, 3.8) is 0 Å². The summed E-state index contributed by atoms with van der Waals surface area (Å²) in [6.07, 6.45) is 0. The highest BCUT2D eigenvalue weighted by Gasteiger charge is 2.12. The second-order valence-electron chi connectivity index (χ2n) is 6.00. The van der Waals surface area contributed by atoms with E-state index in [9.17, 15) is 0 Å². The van der Waals surface area contributed by atoms with Gasteiger partial charge in [-0.15, -0.1) is 0 Å². The van der Waals surface area contributed by atoms with Gasteiger partial charge in [0.05, 0.1) is 12.8 Å². The van der Waals surface area contributed by atoms with Gasteiger partial charge >= 0.3 is 0 Å². The first-order valence-electron chi connectivity index (χ1n) is 8.85. The van der Waals surface area contributed by atoms with E-state index in [0.717, 1.165) is 42.3 Å². The Morgan fingerprint density at radius 1 is 1.11 bits per heavy atom. The molecule has 0 aliphatic carbocycles. The van der Waals surface area contributed by atoms with E-state index in [1.165, 1.54) is 0 Å². The van der Waals surface area contributed by atoms with Gasteiger partial charge in [0.2, 0.25) is 0 Å². The van der Waals surface area contributed by atoms with Gasteiger partial charge in [0, 0.05) is 22.8 Å². The number of tetrazole rings is 1. The monoisotopic (exact) mass is 386 g/mol. The quantitative estimate of drug-likeness (QED) is 0.633. The Morgan fingerprint density at radius 2 is 1.85 bits per heavy atom. The molecule has 27 heavy (non-hydrogen) atoms. The van der Waals surface area contributed by atoms with Gasteiger partial charge in [0.15, 0.2) is 0 Å². The predicted octanol–water partition coefficient (Wildman–Crippen LogP) is 3.91. The Bertz CT molecular complexity index is 876. The van der Waals surface area contributed by atoms with E-state index in [2.05, 4.69) is 45.7 Å². The summed E-state index contributed by atoms with van der Waals surface area (Å²) in [6, 6.07) is 13.3. The van der Waals surface area contributed by atoms with Crippen LogP contribution in [0.1, 0.15) is 19.4 Å². The Kier molecular flexibility index (Phi) is 6.26. The normalized spacial score (nSPS) is 11.0. The van der Waals surface area contributed by atoms with Gasteiger partial charge in [-0.2, -0.15) is 4.68 Å². The molecule has 3 aromatic rings. The summed E-state index contributed by atoms with van der Waals surface area (Å²) in [4.78, 5) is 2.33. The third-order valence-electron chi connectivity index (χ3n) is 4.37. The van der Waals surface area contributed by atoms with Gasteiger partial charge in [-0.25, -0.2) is 0 Å². The summed E-state index contributed by atoms with van der Waals surface area (Å²) in [5, 5.41) is 15.9. The summed E-state index contributed by atoms with van der Waals surface area (Å²) < 4.78 is 7.15. The Hall–Kier alpha value is -2.64. The molecule has 0 aliphatic heterocycles. The van der Waals surface area contributed by atoms with Crippen molar-refractivity contribution in [3.8, 4) is 11.4 Å². The van der Waals surface area contributed by atoms with Crippen LogP contribution < -0.4 is 10.1 Å². The van der Waals surface area contributed by atoms with Gasteiger partial charge in [0.25, 0.3) is 5.95 Å². The van der Waals surface area contributed by atoms with Crippen molar-refractivity contribution in [1.29, 1.82) is 0 Å². The van der Waals surface area contributed by atoms with Gasteiger partial charge in [0.1, 0.15) is 5.75 Å². The van der Waals surface area contributed by atoms with Crippen LogP contribution in [0.3, 0.4) is 0 Å². The fourth-order valence-corrected chi connectivity index (χ4v) is 2.94. The third-order valence-corrected chi connectivity index (χ3v) is 4.62. The topological polar surface area (TPSA) is 68.1 Å². The molecule has 0 spiro atoms. The molecule has 0 unspecified atom stereocenters. The minimum Gasteiger partial charge on any atom is -0.496 e. The molecule has 0 amide bonds. The lowest BCUT2D eigenvalue weighted by molar-refractivity contribution is 0.289. The maximum Gasteiger partial charge on any atom is 0.252 e. The molecule has 2 aromatic carbocycles. The largest absolute Gasteiger partial charge is 0.496 e. The first-order valence-corrected chi connectivity index (χ1v) is 9.23. The van der Waals surface area contributed by atoms with Crippen molar-refractivity contribution < 1.29 is 4.74 Å². The molecule has 1 aromatic heterocycles. The minimum absolute atomic E-state index is 0.524. The highest BCUT2D eigenvalue weighted by atomic mass is 35.5. The highest BCUT2D eigenvalue weighted by Crippen LogP contribution is 2.26. The number of nitrogens with one attached hydrogen (secondary N) is 1. The number of nitrogens with zero attached hydrogens (tertiary/aromatic N) is 5. The average molecular weight is 387 g/mol. The fourth-order valence-electron chi connectivity index (χ4n) is 2.82. The molecule has 0 atom stereocenters. The van der Waals surface area contributed by atoms with Crippen LogP contribution in [0.25, 0.3) is 5.69 Å². The first-order chi connectivity index (χ1) is 13.1. The molecule has 0 bridgehead atoms. The minimum atomic E-state index is 0.524. The van der Waals surface area contributed by atoms with Gasteiger partial charge < -0.3 is 10.1 Å². The number of halogens is 1. The Balaban J connectivity index is 1.86. The lowest BCUT2D eigenvalue weighted by atomic mass is 10.1. The number of anilines is 2. The third kappa shape index (κ3) is 4.56. The second-order valence-corrected chi connectivity index (χ2v) is 6.44. The summed E-state index contributed by atoms with van der Waals surface area (Å²) in [5.41, 5.74) is 2.82. The summed E-state index contributed by atoms with van der Waals surface area (Å²) in [5.74, 6) is 1.39. The van der Waals surface area contributed by atoms with Crippen LogP contribution in [0.5, 0.6) is 5.75 Å². The van der Waals surface area contributed by atoms with Crippen LogP contribution in [-0.2, 0) is 6.54 Å². The van der Waals surface area contributed by atoms with E-state index >= 15 is 0 Å². The van der Waals surface area contributed by atoms with Crippen molar-refractivity contribution in [2.24, 2.45) is 0 Å². The molecular formula is C19H23ClN6O. The van der Waals surface area contributed by atoms with E-state index in [1.54, 1.807) is 23.9 Å². The highest BCUT2D eigenvalue weighted by molar-refractivity contribution is 6.30. The average Bonchev–Trinajstić information content (AvgIpc) is 3.15. The molecular weight excluding hydrogens is 364 g/mol. The number of hydrogen-bond donors (Lipinski definition) is 1. The zero-order valence-corrected chi connectivity index (χ0v) is 16.4. The molecule has 0 saturated heterocycles. The summed E-state index contributed by atoms with van der Waals surface area (Å²) in [6.45, 7) is 7.07. The molecule has 0 saturated carbocycles. The van der Waals surface area contributed by atoms with Crippen LogP contribution in [0.15, 0.2) is 42.5 Å². The lowest BCUT2D eigenvalue weighted by Gasteiger charge is -2.20. The Morgan fingerprint density at radius 3 is 2.52 bits per heavy atom. The van der Waals surface area contributed by atoms with Gasteiger partial charge in [-0.3, -0.25) is 4.90 Å². The maximum atomic E-state index is 5.96. The van der Waals surface area contributed by atoms with E-state index in [1.807, 2.05) is 24.3 Å². The number of benzene rings is 2. The van der Waals surface area contributed by atoms with Crippen molar-refractivity contribution in [3.05, 3.63) is 53.1 Å². The van der Waals surface area contributed by atoms with Gasteiger partial charge in [-0.05, 0) is 66.0 Å². The molecule has 7 nitrogen and oxygen atoms in total. The first kappa shape index (κ1) is 19.1. The molecule has 0 radical (unpaired) electrons. The van der Waals surface area contributed by atoms with E-state index in [4.69, 9.17) is 16.3 Å². The fraction of sp³-hybridized carbons (Fsp3) is 0.316. The molecule has 0 aliphatic rings. The SMILES string of the molecule is CCN(CC)Cc1cc(Nc2nnnn2-c2ccc(Cl)cc2)ccc1OC. The number of rotatable bonds is 8. The zero-order chi connectivity index (χ0) is 19.2. The lowest BCUT2D eigenvalue weighted by Crippen LogP contribution is -2.22. The van der Waals surface area contributed by atoms with Crippen LogP contribution >= 0.6 is 11.6 Å². The molecule has 142 valence electrons. The van der Waals surface area contributed by atoms with Crippen molar-refractivity contribution >= 4 is 23.2 Å². The van der Waals surface area contributed by atoms with Crippen molar-refractivity contribution in [1.82, 2.24) is 25.1 Å². The number of aromatic nitrogens is 4. The summed E-state index contributed by atoms with van der Waals surface area (Å²) >= 11 is 5.96. The number of hydrogen-bond acceptors (Lipinski definition) is 6.